The normalized spacial score (nSPS) is 16.2. The van der Waals surface area contributed by atoms with Gasteiger partial charge in [0.15, 0.2) is 11.5 Å². The first-order chi connectivity index (χ1) is 15.5. The molecule has 4 aromatic rings. The zero-order valence-corrected chi connectivity index (χ0v) is 17.4. The molecule has 3 heterocycles. The zero-order valence-electron chi connectivity index (χ0n) is 17.4. The Morgan fingerprint density at radius 3 is 2.69 bits per heavy atom. The standard InChI is InChI=1S/C26H20N2O4/c1-16-6-4-9-19(12-16)23-22(24(29)21-13-18-8-2-3-10-20(18)32-21)25(30)26(31)28(23)15-17-7-5-11-27-14-17/h2-14,23,30H,15H2,1H3. The van der Waals surface area contributed by atoms with Crippen LogP contribution in [0.4, 0.5) is 0 Å². The number of rotatable bonds is 5. The maximum absolute atomic E-state index is 13.5. The number of nitrogens with zero attached hydrogens (tertiary/aromatic N) is 2. The second kappa shape index (κ2) is 7.81. The van der Waals surface area contributed by atoms with Crippen molar-refractivity contribution in [1.29, 1.82) is 0 Å². The minimum Gasteiger partial charge on any atom is -0.503 e. The number of benzene rings is 2. The molecule has 1 aliphatic heterocycles. The van der Waals surface area contributed by atoms with Crippen molar-refractivity contribution >= 4 is 22.7 Å². The molecule has 0 saturated carbocycles. The van der Waals surface area contributed by atoms with Crippen molar-refractivity contribution in [2.24, 2.45) is 0 Å². The summed E-state index contributed by atoms with van der Waals surface area (Å²) in [6.45, 7) is 2.14. The van der Waals surface area contributed by atoms with E-state index < -0.39 is 23.5 Å². The summed E-state index contributed by atoms with van der Waals surface area (Å²) in [4.78, 5) is 32.3. The predicted molar refractivity (Wildman–Crippen MR) is 119 cm³/mol. The lowest BCUT2D eigenvalue weighted by atomic mass is 9.94. The van der Waals surface area contributed by atoms with Gasteiger partial charge < -0.3 is 14.4 Å². The number of aryl methyl sites for hydroxylation is 1. The number of hydrogen-bond acceptors (Lipinski definition) is 5. The van der Waals surface area contributed by atoms with Crippen LogP contribution in [0.3, 0.4) is 0 Å². The maximum Gasteiger partial charge on any atom is 0.290 e. The fraction of sp³-hybridized carbons (Fsp3) is 0.115. The van der Waals surface area contributed by atoms with E-state index >= 15 is 0 Å². The van der Waals surface area contributed by atoms with Gasteiger partial charge >= 0.3 is 0 Å². The zero-order chi connectivity index (χ0) is 22.2. The van der Waals surface area contributed by atoms with E-state index in [4.69, 9.17) is 4.42 Å². The van der Waals surface area contributed by atoms with Crippen molar-refractivity contribution < 1.29 is 19.1 Å². The number of aromatic nitrogens is 1. The molecule has 0 aliphatic carbocycles. The van der Waals surface area contributed by atoms with Crippen molar-refractivity contribution in [3.63, 3.8) is 0 Å². The fourth-order valence-electron chi connectivity index (χ4n) is 4.15. The highest BCUT2D eigenvalue weighted by Crippen LogP contribution is 2.40. The average Bonchev–Trinajstić information content (AvgIpc) is 3.34. The lowest BCUT2D eigenvalue weighted by Crippen LogP contribution is -2.30. The molecular weight excluding hydrogens is 404 g/mol. The summed E-state index contributed by atoms with van der Waals surface area (Å²) in [7, 11) is 0. The van der Waals surface area contributed by atoms with Gasteiger partial charge in [-0.3, -0.25) is 14.6 Å². The quantitative estimate of drug-likeness (QED) is 0.460. The highest BCUT2D eigenvalue weighted by molar-refractivity contribution is 6.16. The van der Waals surface area contributed by atoms with Crippen LogP contribution in [0.25, 0.3) is 11.0 Å². The predicted octanol–water partition coefficient (Wildman–Crippen LogP) is 4.91. The molecule has 6 nitrogen and oxygen atoms in total. The number of aliphatic hydroxyl groups excluding tert-OH is 1. The summed E-state index contributed by atoms with van der Waals surface area (Å²) < 4.78 is 5.75. The van der Waals surface area contributed by atoms with E-state index in [0.29, 0.717) is 5.58 Å². The number of ketones is 1. The van der Waals surface area contributed by atoms with Crippen molar-refractivity contribution in [3.8, 4) is 0 Å². The van der Waals surface area contributed by atoms with Crippen LogP contribution >= 0.6 is 0 Å². The van der Waals surface area contributed by atoms with Crippen molar-refractivity contribution in [2.75, 3.05) is 0 Å². The Morgan fingerprint density at radius 2 is 1.94 bits per heavy atom. The Hall–Kier alpha value is -4.19. The largest absolute Gasteiger partial charge is 0.503 e. The van der Waals surface area contributed by atoms with Crippen LogP contribution < -0.4 is 0 Å². The number of carbonyl (C=O) groups is 2. The van der Waals surface area contributed by atoms with Gasteiger partial charge in [-0.1, -0.05) is 54.1 Å². The number of para-hydroxylation sites is 1. The molecule has 0 spiro atoms. The Balaban J connectivity index is 1.61. The Morgan fingerprint density at radius 1 is 1.09 bits per heavy atom. The minimum absolute atomic E-state index is 0.0172. The number of carbonyl (C=O) groups excluding carboxylic acids is 2. The third kappa shape index (κ3) is 3.36. The first-order valence-corrected chi connectivity index (χ1v) is 10.3. The monoisotopic (exact) mass is 424 g/mol. The van der Waals surface area contributed by atoms with E-state index in [0.717, 1.165) is 22.1 Å². The van der Waals surface area contributed by atoms with Gasteiger partial charge in [0.2, 0.25) is 5.78 Å². The van der Waals surface area contributed by atoms with E-state index in [1.807, 2.05) is 55.5 Å². The Bertz CT molecular complexity index is 1340. The summed E-state index contributed by atoms with van der Waals surface area (Å²) >= 11 is 0. The summed E-state index contributed by atoms with van der Waals surface area (Å²) in [5.74, 6) is -1.57. The van der Waals surface area contributed by atoms with Crippen LogP contribution in [0.2, 0.25) is 0 Å². The number of pyridine rings is 1. The first kappa shape index (κ1) is 19.8. The topological polar surface area (TPSA) is 83.6 Å². The molecule has 32 heavy (non-hydrogen) atoms. The van der Waals surface area contributed by atoms with Gasteiger partial charge in [-0.05, 0) is 36.2 Å². The molecule has 1 aliphatic rings. The van der Waals surface area contributed by atoms with Gasteiger partial charge in [0.1, 0.15) is 5.58 Å². The molecule has 158 valence electrons. The molecular formula is C26H20N2O4. The molecule has 1 atom stereocenters. The molecule has 0 fully saturated rings. The van der Waals surface area contributed by atoms with Crippen LogP contribution in [0.1, 0.15) is 33.3 Å². The molecule has 0 bridgehead atoms. The molecule has 5 rings (SSSR count). The van der Waals surface area contributed by atoms with Gasteiger partial charge in [0.05, 0.1) is 11.6 Å². The summed E-state index contributed by atoms with van der Waals surface area (Å²) in [6, 6.07) is 19.4. The SMILES string of the molecule is Cc1cccc(C2C(C(=O)c3cc4ccccc4o3)=C(O)C(=O)N2Cc2cccnc2)c1. The molecule has 1 unspecified atom stereocenters. The van der Waals surface area contributed by atoms with Crippen molar-refractivity contribution in [1.82, 2.24) is 9.88 Å². The molecule has 1 amide bonds. The van der Waals surface area contributed by atoms with Gasteiger partial charge in [-0.2, -0.15) is 0 Å². The van der Waals surface area contributed by atoms with E-state index in [2.05, 4.69) is 4.98 Å². The number of Topliss-reactive ketones (excluding diaryl/α,β-unsaturated/α-hetero) is 1. The van der Waals surface area contributed by atoms with Gasteiger partial charge in [0, 0.05) is 24.3 Å². The Labute approximate surface area is 184 Å². The molecule has 0 radical (unpaired) electrons. The third-order valence-electron chi connectivity index (χ3n) is 5.63. The number of amides is 1. The highest BCUT2D eigenvalue weighted by atomic mass is 16.3. The number of aliphatic hydroxyl groups is 1. The molecule has 2 aromatic carbocycles. The molecule has 0 saturated heterocycles. The molecule has 6 heteroatoms. The fourth-order valence-corrected chi connectivity index (χ4v) is 4.15. The van der Waals surface area contributed by atoms with E-state index in [1.165, 1.54) is 4.90 Å². The molecule has 2 aromatic heterocycles. The summed E-state index contributed by atoms with van der Waals surface area (Å²) in [6.07, 6.45) is 3.32. The second-order valence-electron chi connectivity index (χ2n) is 7.85. The maximum atomic E-state index is 13.5. The number of hydrogen-bond donors (Lipinski definition) is 1. The van der Waals surface area contributed by atoms with E-state index in [9.17, 15) is 14.7 Å². The van der Waals surface area contributed by atoms with E-state index in [1.54, 1.807) is 30.6 Å². The summed E-state index contributed by atoms with van der Waals surface area (Å²) in [5.41, 5.74) is 3.11. The lowest BCUT2D eigenvalue weighted by Gasteiger charge is -2.27. The number of furan rings is 1. The van der Waals surface area contributed by atoms with Crippen molar-refractivity contribution in [3.05, 3.63) is 113 Å². The average molecular weight is 424 g/mol. The second-order valence-corrected chi connectivity index (χ2v) is 7.85. The third-order valence-corrected chi connectivity index (χ3v) is 5.63. The van der Waals surface area contributed by atoms with Crippen LogP contribution in [0.5, 0.6) is 0 Å². The van der Waals surface area contributed by atoms with Gasteiger partial charge in [-0.25, -0.2) is 0 Å². The van der Waals surface area contributed by atoms with Crippen LogP contribution in [0, 0.1) is 6.92 Å². The molecule has 1 N–H and O–H groups in total. The summed E-state index contributed by atoms with van der Waals surface area (Å²) in [5, 5.41) is 11.6. The van der Waals surface area contributed by atoms with Crippen LogP contribution in [-0.4, -0.2) is 26.7 Å². The van der Waals surface area contributed by atoms with Crippen molar-refractivity contribution in [2.45, 2.75) is 19.5 Å². The van der Waals surface area contributed by atoms with Crippen LogP contribution in [-0.2, 0) is 11.3 Å². The number of fused-ring (bicyclic) bond motifs is 1. The van der Waals surface area contributed by atoms with Gasteiger partial charge in [-0.15, -0.1) is 0 Å². The first-order valence-electron chi connectivity index (χ1n) is 10.3. The van der Waals surface area contributed by atoms with E-state index in [-0.39, 0.29) is 17.9 Å². The smallest absolute Gasteiger partial charge is 0.290 e. The van der Waals surface area contributed by atoms with Crippen LogP contribution in [0.15, 0.2) is 94.9 Å². The minimum atomic E-state index is -0.747. The van der Waals surface area contributed by atoms with Gasteiger partial charge in [0.25, 0.3) is 5.91 Å². The lowest BCUT2D eigenvalue weighted by molar-refractivity contribution is -0.130. The highest BCUT2D eigenvalue weighted by Gasteiger charge is 2.44. The Kier molecular flexibility index (Phi) is 4.82.